The fraction of sp³-hybridized carbons (Fsp3) is 0.200. The van der Waals surface area contributed by atoms with Gasteiger partial charge in [0.05, 0.1) is 10.6 Å². The Balaban J connectivity index is 2.12. The highest BCUT2D eigenvalue weighted by Crippen LogP contribution is 2.20. The summed E-state index contributed by atoms with van der Waals surface area (Å²) in [5, 5.41) is 6.08. The second kappa shape index (κ2) is 6.39. The average Bonchev–Trinajstić information content (AvgIpc) is 2.48. The SMILES string of the molecule is CCc1ccc(NC(=O)c2cnc(NC)c(Cl)c2)cc1. The molecule has 0 aliphatic rings. The first-order valence-electron chi connectivity index (χ1n) is 6.37. The van der Waals surface area contributed by atoms with Crippen LogP contribution in [0.1, 0.15) is 22.8 Å². The van der Waals surface area contributed by atoms with Crippen LogP contribution in [0.2, 0.25) is 5.02 Å². The minimum Gasteiger partial charge on any atom is -0.372 e. The van der Waals surface area contributed by atoms with E-state index in [2.05, 4.69) is 22.5 Å². The molecule has 0 saturated carbocycles. The summed E-state index contributed by atoms with van der Waals surface area (Å²) < 4.78 is 0. The van der Waals surface area contributed by atoms with E-state index < -0.39 is 0 Å². The average molecular weight is 290 g/mol. The van der Waals surface area contributed by atoms with Crippen LogP contribution >= 0.6 is 11.6 Å². The number of anilines is 2. The molecule has 1 aromatic carbocycles. The lowest BCUT2D eigenvalue weighted by atomic mass is 10.1. The number of carbonyl (C=O) groups is 1. The Bertz CT molecular complexity index is 611. The zero-order valence-corrected chi connectivity index (χ0v) is 12.2. The van der Waals surface area contributed by atoms with Gasteiger partial charge in [0.25, 0.3) is 5.91 Å². The number of hydrogen-bond acceptors (Lipinski definition) is 3. The summed E-state index contributed by atoms with van der Waals surface area (Å²) >= 11 is 6.01. The highest BCUT2D eigenvalue weighted by Gasteiger charge is 2.09. The maximum Gasteiger partial charge on any atom is 0.257 e. The van der Waals surface area contributed by atoms with Crippen LogP contribution in [-0.2, 0) is 6.42 Å². The smallest absolute Gasteiger partial charge is 0.257 e. The number of benzene rings is 1. The van der Waals surface area contributed by atoms with Gasteiger partial charge in [0.15, 0.2) is 0 Å². The molecule has 0 fully saturated rings. The third-order valence-corrected chi connectivity index (χ3v) is 3.25. The molecule has 2 N–H and O–H groups in total. The van der Waals surface area contributed by atoms with Crippen molar-refractivity contribution in [3.05, 3.63) is 52.7 Å². The van der Waals surface area contributed by atoms with Crippen molar-refractivity contribution in [2.24, 2.45) is 0 Å². The van der Waals surface area contributed by atoms with Gasteiger partial charge in [-0.1, -0.05) is 30.7 Å². The molecule has 0 atom stereocenters. The van der Waals surface area contributed by atoms with Crippen molar-refractivity contribution in [1.29, 1.82) is 0 Å². The Morgan fingerprint density at radius 1 is 1.30 bits per heavy atom. The van der Waals surface area contributed by atoms with E-state index in [-0.39, 0.29) is 5.91 Å². The summed E-state index contributed by atoms with van der Waals surface area (Å²) in [6.45, 7) is 2.09. The second-order valence-corrected chi connectivity index (χ2v) is 4.72. The Labute approximate surface area is 123 Å². The first-order chi connectivity index (χ1) is 9.63. The molecule has 0 saturated heterocycles. The van der Waals surface area contributed by atoms with Gasteiger partial charge < -0.3 is 10.6 Å². The van der Waals surface area contributed by atoms with Crippen LogP contribution in [0, 0.1) is 0 Å². The molecular formula is C15H16ClN3O. The predicted octanol–water partition coefficient (Wildman–Crippen LogP) is 3.59. The van der Waals surface area contributed by atoms with Gasteiger partial charge in [-0.25, -0.2) is 4.98 Å². The molecule has 0 bridgehead atoms. The fourth-order valence-corrected chi connectivity index (χ4v) is 2.03. The first kappa shape index (κ1) is 14.3. The minimum absolute atomic E-state index is 0.230. The van der Waals surface area contributed by atoms with Gasteiger partial charge in [0.2, 0.25) is 0 Å². The van der Waals surface area contributed by atoms with Crippen molar-refractivity contribution in [3.63, 3.8) is 0 Å². The van der Waals surface area contributed by atoms with E-state index in [1.54, 1.807) is 13.1 Å². The van der Waals surface area contributed by atoms with Gasteiger partial charge in [-0.05, 0) is 30.2 Å². The fourth-order valence-electron chi connectivity index (χ4n) is 1.77. The zero-order chi connectivity index (χ0) is 14.5. The summed E-state index contributed by atoms with van der Waals surface area (Å²) in [5.74, 6) is 0.321. The van der Waals surface area contributed by atoms with Gasteiger partial charge in [-0.2, -0.15) is 0 Å². The normalized spacial score (nSPS) is 10.2. The zero-order valence-electron chi connectivity index (χ0n) is 11.4. The summed E-state index contributed by atoms with van der Waals surface area (Å²) in [5.41, 5.74) is 2.40. The highest BCUT2D eigenvalue weighted by atomic mass is 35.5. The number of nitrogens with zero attached hydrogens (tertiary/aromatic N) is 1. The molecule has 1 amide bonds. The molecule has 104 valence electrons. The maximum atomic E-state index is 12.1. The van der Waals surface area contributed by atoms with Crippen molar-refractivity contribution >= 4 is 29.0 Å². The number of aromatic nitrogens is 1. The van der Waals surface area contributed by atoms with Crippen molar-refractivity contribution in [2.45, 2.75) is 13.3 Å². The van der Waals surface area contributed by atoms with E-state index in [4.69, 9.17) is 11.6 Å². The summed E-state index contributed by atoms with van der Waals surface area (Å²) in [6, 6.07) is 9.34. The number of pyridine rings is 1. The van der Waals surface area contributed by atoms with Gasteiger partial charge in [0.1, 0.15) is 5.82 Å². The molecule has 0 aliphatic carbocycles. The van der Waals surface area contributed by atoms with Gasteiger partial charge in [-0.3, -0.25) is 4.79 Å². The van der Waals surface area contributed by atoms with Crippen LogP contribution in [0.25, 0.3) is 0 Å². The third kappa shape index (κ3) is 3.27. The topological polar surface area (TPSA) is 54.0 Å². The molecule has 2 rings (SSSR count). The standard InChI is InChI=1S/C15H16ClN3O/c1-3-10-4-6-12(7-5-10)19-15(20)11-8-13(16)14(17-2)18-9-11/h4-9H,3H2,1-2H3,(H,17,18)(H,19,20). The molecule has 1 aromatic heterocycles. The van der Waals surface area contributed by atoms with Crippen molar-refractivity contribution < 1.29 is 4.79 Å². The summed E-state index contributed by atoms with van der Waals surface area (Å²) in [4.78, 5) is 16.2. The van der Waals surface area contributed by atoms with Gasteiger partial charge in [0, 0.05) is 18.9 Å². The highest BCUT2D eigenvalue weighted by molar-refractivity contribution is 6.33. The van der Waals surface area contributed by atoms with Crippen molar-refractivity contribution in [1.82, 2.24) is 4.98 Å². The summed E-state index contributed by atoms with van der Waals surface area (Å²) in [7, 11) is 1.73. The van der Waals surface area contributed by atoms with Crippen LogP contribution < -0.4 is 10.6 Å². The van der Waals surface area contributed by atoms with E-state index in [1.165, 1.54) is 11.8 Å². The lowest BCUT2D eigenvalue weighted by Crippen LogP contribution is -2.12. The van der Waals surface area contributed by atoms with E-state index in [1.807, 2.05) is 24.3 Å². The number of rotatable bonds is 4. The van der Waals surface area contributed by atoms with Crippen LogP contribution in [0.3, 0.4) is 0 Å². The largest absolute Gasteiger partial charge is 0.372 e. The maximum absolute atomic E-state index is 12.1. The van der Waals surface area contributed by atoms with Crippen LogP contribution in [-0.4, -0.2) is 17.9 Å². The lowest BCUT2D eigenvalue weighted by Gasteiger charge is -2.07. The molecule has 0 unspecified atom stereocenters. The Morgan fingerprint density at radius 3 is 2.55 bits per heavy atom. The molecule has 20 heavy (non-hydrogen) atoms. The van der Waals surface area contributed by atoms with Gasteiger partial charge in [-0.15, -0.1) is 0 Å². The van der Waals surface area contributed by atoms with Crippen molar-refractivity contribution in [3.8, 4) is 0 Å². The van der Waals surface area contributed by atoms with Gasteiger partial charge >= 0.3 is 0 Å². The Kier molecular flexibility index (Phi) is 4.58. The first-order valence-corrected chi connectivity index (χ1v) is 6.75. The van der Waals surface area contributed by atoms with E-state index >= 15 is 0 Å². The molecule has 2 aromatic rings. The minimum atomic E-state index is -0.230. The molecule has 0 aliphatic heterocycles. The van der Waals surface area contributed by atoms with E-state index in [0.717, 1.165) is 12.1 Å². The predicted molar refractivity (Wildman–Crippen MR) is 82.6 cm³/mol. The number of amides is 1. The molecule has 0 radical (unpaired) electrons. The third-order valence-electron chi connectivity index (χ3n) is 2.96. The van der Waals surface area contributed by atoms with Crippen LogP contribution in [0.15, 0.2) is 36.5 Å². The molecular weight excluding hydrogens is 274 g/mol. The lowest BCUT2D eigenvalue weighted by molar-refractivity contribution is 0.102. The van der Waals surface area contributed by atoms with E-state index in [9.17, 15) is 4.79 Å². The second-order valence-electron chi connectivity index (χ2n) is 4.31. The molecule has 4 nitrogen and oxygen atoms in total. The Morgan fingerprint density at radius 2 is 2.00 bits per heavy atom. The molecule has 1 heterocycles. The molecule has 5 heteroatoms. The number of nitrogens with one attached hydrogen (secondary N) is 2. The van der Waals surface area contributed by atoms with E-state index in [0.29, 0.717) is 16.4 Å². The monoisotopic (exact) mass is 289 g/mol. The molecule has 0 spiro atoms. The van der Waals surface area contributed by atoms with Crippen LogP contribution in [0.5, 0.6) is 0 Å². The number of aryl methyl sites for hydroxylation is 1. The summed E-state index contributed by atoms with van der Waals surface area (Å²) in [6.07, 6.45) is 2.46. The van der Waals surface area contributed by atoms with Crippen LogP contribution in [0.4, 0.5) is 11.5 Å². The van der Waals surface area contributed by atoms with Crippen molar-refractivity contribution in [2.75, 3.05) is 17.7 Å². The number of halogens is 1. The quantitative estimate of drug-likeness (QED) is 0.904. The number of carbonyl (C=O) groups excluding carboxylic acids is 1. The Hall–Kier alpha value is -2.07. The number of hydrogen-bond donors (Lipinski definition) is 2.